The predicted molar refractivity (Wildman–Crippen MR) is 122 cm³/mol. The molecule has 0 aliphatic carbocycles. The Kier molecular flexibility index (Phi) is 6.30. The summed E-state index contributed by atoms with van der Waals surface area (Å²) in [4.78, 5) is 13.0. The second-order valence-corrected chi connectivity index (χ2v) is 7.96. The lowest BCUT2D eigenvalue weighted by Gasteiger charge is -2.10. The molecule has 0 aliphatic heterocycles. The molecular formula is C24H27FN6O. The number of aromatic nitrogens is 6. The fourth-order valence-corrected chi connectivity index (χ4v) is 3.96. The van der Waals surface area contributed by atoms with E-state index >= 15 is 4.39 Å². The molecule has 0 saturated carbocycles. The van der Waals surface area contributed by atoms with Crippen molar-refractivity contribution >= 4 is 0 Å². The standard InChI is InChI=1S/C24H27FN6O/c1-4-8-21-22(25)31(16(3)5-2)24(32)30(21)15-17-11-13-18(14-12-17)19-9-6-7-10-20(19)23-26-28-29-27-23/h6-7,9-14,16H,4-5,8,15H2,1-3H3,(H,26,27,28,29). The van der Waals surface area contributed by atoms with Crippen LogP contribution in [0.5, 0.6) is 0 Å². The van der Waals surface area contributed by atoms with Crippen molar-refractivity contribution in [1.82, 2.24) is 29.8 Å². The molecule has 1 N–H and O–H groups in total. The molecule has 4 rings (SSSR count). The summed E-state index contributed by atoms with van der Waals surface area (Å²) in [5, 5.41) is 14.3. The Morgan fingerprint density at radius 3 is 2.41 bits per heavy atom. The van der Waals surface area contributed by atoms with Crippen molar-refractivity contribution in [3.63, 3.8) is 0 Å². The first-order chi connectivity index (χ1) is 15.5. The number of H-pyrrole nitrogens is 1. The molecule has 7 nitrogen and oxygen atoms in total. The third kappa shape index (κ3) is 4.00. The minimum absolute atomic E-state index is 0.177. The molecule has 0 amide bonds. The van der Waals surface area contributed by atoms with Crippen LogP contribution >= 0.6 is 0 Å². The molecule has 0 aliphatic rings. The van der Waals surface area contributed by atoms with E-state index in [2.05, 4.69) is 20.6 Å². The van der Waals surface area contributed by atoms with E-state index in [-0.39, 0.29) is 11.7 Å². The van der Waals surface area contributed by atoms with Crippen LogP contribution in [0, 0.1) is 5.95 Å². The maximum absolute atomic E-state index is 15.1. The molecule has 0 fully saturated rings. The van der Waals surface area contributed by atoms with Gasteiger partial charge in [0.1, 0.15) is 0 Å². The average molecular weight is 435 g/mol. The van der Waals surface area contributed by atoms with Gasteiger partial charge in [0.15, 0.2) is 0 Å². The molecule has 0 radical (unpaired) electrons. The number of hydrogen-bond donors (Lipinski definition) is 1. The van der Waals surface area contributed by atoms with E-state index in [0.717, 1.165) is 28.7 Å². The second-order valence-electron chi connectivity index (χ2n) is 7.96. The van der Waals surface area contributed by atoms with Crippen molar-refractivity contribution in [2.75, 3.05) is 0 Å². The quantitative estimate of drug-likeness (QED) is 0.439. The Balaban J connectivity index is 1.67. The van der Waals surface area contributed by atoms with Crippen LogP contribution in [0.4, 0.5) is 4.39 Å². The van der Waals surface area contributed by atoms with Gasteiger partial charge in [-0.05, 0) is 41.7 Å². The van der Waals surface area contributed by atoms with E-state index in [0.29, 0.717) is 30.9 Å². The number of hydrogen-bond acceptors (Lipinski definition) is 4. The molecule has 1 unspecified atom stereocenters. The van der Waals surface area contributed by atoms with Crippen molar-refractivity contribution in [2.45, 2.75) is 52.6 Å². The molecule has 4 aromatic rings. The molecule has 166 valence electrons. The fraction of sp³-hybridized carbons (Fsp3) is 0.333. The van der Waals surface area contributed by atoms with Crippen LogP contribution in [0.25, 0.3) is 22.5 Å². The molecule has 0 saturated heterocycles. The number of tetrazole rings is 1. The SMILES string of the molecule is CCCc1c(F)n(C(C)CC)c(=O)n1Cc1ccc(-c2ccccc2-c2nn[nH]n2)cc1. The van der Waals surface area contributed by atoms with Crippen LogP contribution in [0.15, 0.2) is 53.3 Å². The topological polar surface area (TPSA) is 81.4 Å². The van der Waals surface area contributed by atoms with Crippen molar-refractivity contribution < 1.29 is 4.39 Å². The van der Waals surface area contributed by atoms with Gasteiger partial charge >= 0.3 is 5.69 Å². The Hall–Kier alpha value is -3.55. The first-order valence-corrected chi connectivity index (χ1v) is 11.0. The second kappa shape index (κ2) is 9.30. The summed E-state index contributed by atoms with van der Waals surface area (Å²) in [6.07, 6.45) is 1.99. The number of rotatable bonds is 8. The van der Waals surface area contributed by atoms with Crippen LogP contribution in [-0.4, -0.2) is 29.8 Å². The lowest BCUT2D eigenvalue weighted by molar-refractivity contribution is 0.413. The first-order valence-electron chi connectivity index (χ1n) is 11.0. The minimum atomic E-state index is -0.406. The monoisotopic (exact) mass is 434 g/mol. The van der Waals surface area contributed by atoms with Crippen molar-refractivity contribution in [1.29, 1.82) is 0 Å². The molecule has 0 bridgehead atoms. The number of imidazole rings is 1. The molecular weight excluding hydrogens is 407 g/mol. The minimum Gasteiger partial charge on any atom is -0.289 e. The lowest BCUT2D eigenvalue weighted by atomic mass is 9.98. The number of nitrogens with zero attached hydrogens (tertiary/aromatic N) is 5. The third-order valence-corrected chi connectivity index (χ3v) is 5.85. The van der Waals surface area contributed by atoms with Gasteiger partial charge in [-0.15, -0.1) is 10.2 Å². The number of nitrogens with one attached hydrogen (secondary N) is 1. The predicted octanol–water partition coefficient (Wildman–Crippen LogP) is 4.61. The van der Waals surface area contributed by atoms with E-state index in [1.807, 2.05) is 69.3 Å². The first kappa shape index (κ1) is 21.7. The van der Waals surface area contributed by atoms with E-state index in [1.54, 1.807) is 4.57 Å². The van der Waals surface area contributed by atoms with Gasteiger partial charge in [-0.2, -0.15) is 9.60 Å². The van der Waals surface area contributed by atoms with Gasteiger partial charge in [0.2, 0.25) is 11.8 Å². The smallest absolute Gasteiger partial charge is 0.289 e. The molecule has 8 heteroatoms. The van der Waals surface area contributed by atoms with Gasteiger partial charge < -0.3 is 0 Å². The number of halogens is 1. The normalized spacial score (nSPS) is 12.2. The van der Waals surface area contributed by atoms with Gasteiger partial charge in [-0.3, -0.25) is 9.13 Å². The van der Waals surface area contributed by atoms with Gasteiger partial charge in [-0.25, -0.2) is 4.79 Å². The Labute approximate surface area is 185 Å². The highest BCUT2D eigenvalue weighted by molar-refractivity contribution is 5.80. The van der Waals surface area contributed by atoms with Crippen molar-refractivity contribution in [3.05, 3.63) is 76.2 Å². The van der Waals surface area contributed by atoms with Gasteiger partial charge in [0, 0.05) is 11.6 Å². The highest BCUT2D eigenvalue weighted by Gasteiger charge is 2.22. The Morgan fingerprint density at radius 2 is 1.78 bits per heavy atom. The zero-order chi connectivity index (χ0) is 22.7. The van der Waals surface area contributed by atoms with E-state index < -0.39 is 5.95 Å². The largest absolute Gasteiger partial charge is 0.331 e. The van der Waals surface area contributed by atoms with E-state index in [1.165, 1.54) is 4.57 Å². The molecule has 32 heavy (non-hydrogen) atoms. The molecule has 2 aromatic carbocycles. The Morgan fingerprint density at radius 1 is 1.06 bits per heavy atom. The highest BCUT2D eigenvalue weighted by Crippen LogP contribution is 2.30. The molecule has 0 spiro atoms. The average Bonchev–Trinajstić information content (AvgIpc) is 3.43. The zero-order valence-corrected chi connectivity index (χ0v) is 18.5. The van der Waals surface area contributed by atoms with Crippen LogP contribution in [0.3, 0.4) is 0 Å². The molecule has 1 atom stereocenters. The fourth-order valence-electron chi connectivity index (χ4n) is 3.96. The maximum Gasteiger partial charge on any atom is 0.331 e. The summed E-state index contributed by atoms with van der Waals surface area (Å²) in [5.74, 6) is 0.124. The zero-order valence-electron chi connectivity index (χ0n) is 18.5. The maximum atomic E-state index is 15.1. The Bertz CT molecular complexity index is 1240. The van der Waals surface area contributed by atoms with Crippen molar-refractivity contribution in [2.24, 2.45) is 0 Å². The number of aromatic amines is 1. The van der Waals surface area contributed by atoms with Crippen LogP contribution in [0.1, 0.15) is 50.9 Å². The van der Waals surface area contributed by atoms with Crippen LogP contribution in [0.2, 0.25) is 0 Å². The highest BCUT2D eigenvalue weighted by atomic mass is 19.1. The van der Waals surface area contributed by atoms with Gasteiger partial charge in [0.05, 0.1) is 12.2 Å². The summed E-state index contributed by atoms with van der Waals surface area (Å²) in [6, 6.07) is 15.6. The van der Waals surface area contributed by atoms with E-state index in [9.17, 15) is 4.79 Å². The summed E-state index contributed by atoms with van der Waals surface area (Å²) < 4.78 is 17.9. The molecule has 2 aromatic heterocycles. The lowest BCUT2D eigenvalue weighted by Crippen LogP contribution is -2.27. The van der Waals surface area contributed by atoms with Crippen molar-refractivity contribution in [3.8, 4) is 22.5 Å². The third-order valence-electron chi connectivity index (χ3n) is 5.85. The summed E-state index contributed by atoms with van der Waals surface area (Å²) in [6.45, 7) is 6.16. The van der Waals surface area contributed by atoms with Crippen LogP contribution in [-0.2, 0) is 13.0 Å². The van der Waals surface area contributed by atoms with Gasteiger partial charge in [-0.1, -0.05) is 68.8 Å². The van der Waals surface area contributed by atoms with E-state index in [4.69, 9.17) is 0 Å². The summed E-state index contributed by atoms with van der Waals surface area (Å²) >= 11 is 0. The molecule has 2 heterocycles. The van der Waals surface area contributed by atoms with Crippen LogP contribution < -0.4 is 5.69 Å². The number of benzene rings is 2. The summed E-state index contributed by atoms with van der Waals surface area (Å²) in [7, 11) is 0. The van der Waals surface area contributed by atoms with Gasteiger partial charge in [0.25, 0.3) is 0 Å². The summed E-state index contributed by atoms with van der Waals surface area (Å²) in [5.41, 5.74) is 3.99.